The zero-order valence-corrected chi connectivity index (χ0v) is 12.4. The van der Waals surface area contributed by atoms with E-state index in [1.165, 1.54) is 0 Å². The topological polar surface area (TPSA) is 62.1 Å². The van der Waals surface area contributed by atoms with E-state index in [9.17, 15) is 5.11 Å². The highest BCUT2D eigenvalue weighted by Crippen LogP contribution is 2.29. The van der Waals surface area contributed by atoms with Crippen molar-refractivity contribution in [3.63, 3.8) is 0 Å². The average Bonchev–Trinajstić information content (AvgIpc) is 2.98. The number of aromatic nitrogens is 3. The standard InChI is InChI=1S/C16H20N4O/c1-16(2,21)13-8-9-20(10-13)15-18-11-17-14(19-15)12-6-4-3-5-7-12/h3-7,11,13,21H,8-10H2,1-2H3. The fourth-order valence-electron chi connectivity index (χ4n) is 2.68. The lowest BCUT2D eigenvalue weighted by Gasteiger charge is -2.25. The fourth-order valence-corrected chi connectivity index (χ4v) is 2.68. The van der Waals surface area contributed by atoms with Crippen molar-refractivity contribution in [2.75, 3.05) is 18.0 Å². The summed E-state index contributed by atoms with van der Waals surface area (Å²) in [6.45, 7) is 5.38. The van der Waals surface area contributed by atoms with Crippen LogP contribution < -0.4 is 4.90 Å². The monoisotopic (exact) mass is 284 g/mol. The van der Waals surface area contributed by atoms with E-state index in [0.29, 0.717) is 11.8 Å². The Bertz CT molecular complexity index is 609. The summed E-state index contributed by atoms with van der Waals surface area (Å²) in [5.41, 5.74) is 0.323. The molecule has 2 heterocycles. The molecule has 1 fully saturated rings. The Balaban J connectivity index is 1.82. The highest BCUT2D eigenvalue weighted by molar-refractivity contribution is 5.55. The van der Waals surface area contributed by atoms with E-state index in [2.05, 4.69) is 19.9 Å². The van der Waals surface area contributed by atoms with Crippen molar-refractivity contribution < 1.29 is 5.11 Å². The first-order chi connectivity index (χ1) is 10.0. The number of hydrogen-bond donors (Lipinski definition) is 1. The van der Waals surface area contributed by atoms with E-state index in [1.54, 1.807) is 6.33 Å². The molecule has 21 heavy (non-hydrogen) atoms. The summed E-state index contributed by atoms with van der Waals surface area (Å²) in [7, 11) is 0. The lowest BCUT2D eigenvalue weighted by Crippen LogP contribution is -2.33. The van der Waals surface area contributed by atoms with Crippen molar-refractivity contribution in [3.05, 3.63) is 36.7 Å². The van der Waals surface area contributed by atoms with E-state index in [-0.39, 0.29) is 5.92 Å². The molecule has 1 aromatic heterocycles. The Morgan fingerprint density at radius 3 is 2.62 bits per heavy atom. The van der Waals surface area contributed by atoms with Crippen LogP contribution in [0.4, 0.5) is 5.95 Å². The zero-order chi connectivity index (χ0) is 14.9. The first-order valence-electron chi connectivity index (χ1n) is 7.26. The van der Waals surface area contributed by atoms with Crippen molar-refractivity contribution in [3.8, 4) is 11.4 Å². The Morgan fingerprint density at radius 1 is 1.19 bits per heavy atom. The van der Waals surface area contributed by atoms with Gasteiger partial charge in [-0.3, -0.25) is 0 Å². The second-order valence-corrected chi connectivity index (χ2v) is 6.06. The number of rotatable bonds is 3. The van der Waals surface area contributed by atoms with E-state index in [0.717, 1.165) is 25.1 Å². The Labute approximate surface area is 124 Å². The lowest BCUT2D eigenvalue weighted by molar-refractivity contribution is 0.0263. The minimum atomic E-state index is -0.663. The van der Waals surface area contributed by atoms with Crippen LogP contribution in [-0.2, 0) is 0 Å². The van der Waals surface area contributed by atoms with Crippen molar-refractivity contribution in [1.29, 1.82) is 0 Å². The van der Waals surface area contributed by atoms with Crippen LogP contribution in [0.15, 0.2) is 36.7 Å². The molecule has 5 nitrogen and oxygen atoms in total. The second-order valence-electron chi connectivity index (χ2n) is 6.06. The smallest absolute Gasteiger partial charge is 0.228 e. The molecule has 0 bridgehead atoms. The van der Waals surface area contributed by atoms with Gasteiger partial charge in [-0.1, -0.05) is 30.3 Å². The molecular weight excluding hydrogens is 264 g/mol. The van der Waals surface area contributed by atoms with Gasteiger partial charge >= 0.3 is 0 Å². The van der Waals surface area contributed by atoms with Crippen LogP contribution in [0.1, 0.15) is 20.3 Å². The molecule has 1 aromatic carbocycles. The van der Waals surface area contributed by atoms with Crippen molar-refractivity contribution in [2.24, 2.45) is 5.92 Å². The molecule has 110 valence electrons. The molecule has 0 aliphatic carbocycles. The van der Waals surface area contributed by atoms with E-state index in [1.807, 2.05) is 44.2 Å². The Kier molecular flexibility index (Phi) is 3.59. The summed E-state index contributed by atoms with van der Waals surface area (Å²) in [4.78, 5) is 15.2. The van der Waals surface area contributed by atoms with Gasteiger partial charge in [-0.15, -0.1) is 0 Å². The number of aliphatic hydroxyl groups is 1. The summed E-state index contributed by atoms with van der Waals surface area (Å²) in [5, 5.41) is 10.1. The van der Waals surface area contributed by atoms with E-state index >= 15 is 0 Å². The predicted molar refractivity (Wildman–Crippen MR) is 81.9 cm³/mol. The maximum absolute atomic E-state index is 10.1. The zero-order valence-electron chi connectivity index (χ0n) is 12.4. The van der Waals surface area contributed by atoms with Gasteiger partial charge in [0.2, 0.25) is 5.95 Å². The summed E-state index contributed by atoms with van der Waals surface area (Å²) in [6.07, 6.45) is 2.51. The molecule has 0 amide bonds. The SMILES string of the molecule is CC(C)(O)C1CCN(c2ncnc(-c3ccccc3)n2)C1. The molecule has 1 saturated heterocycles. The molecule has 1 aliphatic rings. The summed E-state index contributed by atoms with van der Waals surface area (Å²) in [5.74, 6) is 1.62. The molecule has 0 saturated carbocycles. The Hall–Kier alpha value is -2.01. The van der Waals surface area contributed by atoms with Crippen molar-refractivity contribution >= 4 is 5.95 Å². The van der Waals surface area contributed by atoms with Crippen LogP contribution in [0.3, 0.4) is 0 Å². The highest BCUT2D eigenvalue weighted by atomic mass is 16.3. The number of anilines is 1. The number of nitrogens with zero attached hydrogens (tertiary/aromatic N) is 4. The normalized spacial score (nSPS) is 19.0. The van der Waals surface area contributed by atoms with Crippen LogP contribution >= 0.6 is 0 Å². The van der Waals surface area contributed by atoms with Gasteiger partial charge in [-0.05, 0) is 20.3 Å². The molecule has 0 radical (unpaired) electrons. The molecule has 1 N–H and O–H groups in total. The van der Waals surface area contributed by atoms with Crippen molar-refractivity contribution in [1.82, 2.24) is 15.0 Å². The second kappa shape index (κ2) is 5.41. The molecule has 0 spiro atoms. The minimum Gasteiger partial charge on any atom is -0.390 e. The van der Waals surface area contributed by atoms with Gasteiger partial charge in [-0.25, -0.2) is 9.97 Å². The Morgan fingerprint density at radius 2 is 1.95 bits per heavy atom. The summed E-state index contributed by atoms with van der Waals surface area (Å²) >= 11 is 0. The third kappa shape index (κ3) is 3.03. The van der Waals surface area contributed by atoms with Crippen LogP contribution in [0.5, 0.6) is 0 Å². The molecule has 1 atom stereocenters. The van der Waals surface area contributed by atoms with Crippen LogP contribution in [-0.4, -0.2) is 38.7 Å². The van der Waals surface area contributed by atoms with Crippen molar-refractivity contribution in [2.45, 2.75) is 25.9 Å². The minimum absolute atomic E-state index is 0.245. The summed E-state index contributed by atoms with van der Waals surface area (Å²) < 4.78 is 0. The molecule has 2 aromatic rings. The molecular formula is C16H20N4O. The van der Waals surface area contributed by atoms with Gasteiger partial charge in [0, 0.05) is 24.6 Å². The number of hydrogen-bond acceptors (Lipinski definition) is 5. The third-order valence-electron chi connectivity index (χ3n) is 4.06. The van der Waals surface area contributed by atoms with Crippen LogP contribution in [0, 0.1) is 5.92 Å². The van der Waals surface area contributed by atoms with Gasteiger partial charge in [0.15, 0.2) is 5.82 Å². The molecule has 5 heteroatoms. The first kappa shape index (κ1) is 13.9. The lowest BCUT2D eigenvalue weighted by atomic mass is 9.91. The van der Waals surface area contributed by atoms with E-state index < -0.39 is 5.60 Å². The molecule has 1 unspecified atom stereocenters. The highest BCUT2D eigenvalue weighted by Gasteiger charge is 2.34. The van der Waals surface area contributed by atoms with Crippen LogP contribution in [0.25, 0.3) is 11.4 Å². The fraction of sp³-hybridized carbons (Fsp3) is 0.438. The molecule has 1 aliphatic heterocycles. The largest absolute Gasteiger partial charge is 0.390 e. The predicted octanol–water partition coefficient (Wildman–Crippen LogP) is 2.14. The van der Waals surface area contributed by atoms with E-state index in [4.69, 9.17) is 0 Å². The quantitative estimate of drug-likeness (QED) is 0.935. The van der Waals surface area contributed by atoms with Gasteiger partial charge in [-0.2, -0.15) is 4.98 Å². The van der Waals surface area contributed by atoms with Gasteiger partial charge in [0.25, 0.3) is 0 Å². The average molecular weight is 284 g/mol. The maximum atomic E-state index is 10.1. The van der Waals surface area contributed by atoms with Gasteiger partial charge < -0.3 is 10.0 Å². The number of benzene rings is 1. The van der Waals surface area contributed by atoms with Crippen LogP contribution in [0.2, 0.25) is 0 Å². The summed E-state index contributed by atoms with van der Waals surface area (Å²) in [6, 6.07) is 9.89. The first-order valence-corrected chi connectivity index (χ1v) is 7.26. The molecule has 3 rings (SSSR count). The van der Waals surface area contributed by atoms with Gasteiger partial charge in [0.1, 0.15) is 6.33 Å². The third-order valence-corrected chi connectivity index (χ3v) is 4.06. The van der Waals surface area contributed by atoms with Gasteiger partial charge in [0.05, 0.1) is 5.60 Å². The maximum Gasteiger partial charge on any atom is 0.228 e.